The average molecular weight is 833 g/mol. The van der Waals surface area contributed by atoms with E-state index in [1.54, 1.807) is 5.56 Å². The summed E-state index contributed by atoms with van der Waals surface area (Å²) < 4.78 is 5.18. The van der Waals surface area contributed by atoms with Gasteiger partial charge in [-0.1, -0.05) is 109 Å². The van der Waals surface area contributed by atoms with E-state index in [2.05, 4.69) is 201 Å². The Balaban J connectivity index is 1.10. The third-order valence-corrected chi connectivity index (χ3v) is 16.9. The highest BCUT2D eigenvalue weighted by Gasteiger charge is 2.54. The van der Waals surface area contributed by atoms with Gasteiger partial charge in [0.25, 0.3) is 6.71 Å². The molecule has 17 rings (SSSR count). The van der Waals surface area contributed by atoms with Crippen molar-refractivity contribution in [1.82, 2.24) is 8.97 Å². The molecule has 0 spiro atoms. The van der Waals surface area contributed by atoms with E-state index >= 15 is 0 Å². The number of para-hydroxylation sites is 6. The van der Waals surface area contributed by atoms with Crippen LogP contribution in [0, 0.1) is 17.8 Å². The van der Waals surface area contributed by atoms with Gasteiger partial charge in [-0.15, -0.1) is 0 Å². The molecular weight excluding hydrogens is 787 g/mol. The lowest BCUT2D eigenvalue weighted by Gasteiger charge is -2.57. The predicted octanol–water partition coefficient (Wildman–Crippen LogP) is 13.3. The molecule has 0 atom stereocenters. The van der Waals surface area contributed by atoms with Crippen LogP contribution >= 0.6 is 0 Å². The van der Waals surface area contributed by atoms with Gasteiger partial charge < -0.3 is 18.8 Å². The van der Waals surface area contributed by atoms with Gasteiger partial charge in [-0.25, -0.2) is 0 Å². The largest absolute Gasteiger partial charge is 0.319 e. The van der Waals surface area contributed by atoms with Crippen molar-refractivity contribution in [3.05, 3.63) is 188 Å². The van der Waals surface area contributed by atoms with E-state index in [0.717, 1.165) is 17.8 Å². The van der Waals surface area contributed by atoms with Gasteiger partial charge in [0.1, 0.15) is 0 Å². The van der Waals surface area contributed by atoms with Gasteiger partial charge >= 0.3 is 0 Å². The van der Waals surface area contributed by atoms with E-state index in [9.17, 15) is 0 Å². The van der Waals surface area contributed by atoms with E-state index in [-0.39, 0.29) is 12.1 Å². The molecule has 4 nitrogen and oxygen atoms in total. The molecule has 8 aromatic carbocycles. The van der Waals surface area contributed by atoms with Gasteiger partial charge in [-0.05, 0) is 151 Å². The summed E-state index contributed by atoms with van der Waals surface area (Å²) in [7, 11) is 0. The van der Waals surface area contributed by atoms with Crippen LogP contribution in [0.3, 0.4) is 0 Å². The molecule has 65 heavy (non-hydrogen) atoms. The van der Waals surface area contributed by atoms with Gasteiger partial charge in [0.15, 0.2) is 0 Å². The third-order valence-electron chi connectivity index (χ3n) is 16.9. The molecular formula is C60H45BN4. The van der Waals surface area contributed by atoms with Crippen molar-refractivity contribution in [3.63, 3.8) is 0 Å². The molecule has 4 aliphatic carbocycles. The molecule has 0 radical (unpaired) electrons. The number of anilines is 6. The fraction of sp³-hybridized carbons (Fsp3) is 0.167. The lowest BCUT2D eigenvalue weighted by molar-refractivity contribution is -0.00514. The summed E-state index contributed by atoms with van der Waals surface area (Å²) in [6.07, 6.45) is 8.23. The van der Waals surface area contributed by atoms with Crippen LogP contribution in [0.25, 0.3) is 54.7 Å². The van der Waals surface area contributed by atoms with Gasteiger partial charge in [-0.3, -0.25) is 0 Å². The zero-order valence-electron chi connectivity index (χ0n) is 36.2. The summed E-state index contributed by atoms with van der Waals surface area (Å²) in [5.74, 6) is 2.52. The second kappa shape index (κ2) is 12.5. The van der Waals surface area contributed by atoms with E-state index in [1.807, 2.05) is 0 Å². The zero-order valence-corrected chi connectivity index (χ0v) is 36.2. The van der Waals surface area contributed by atoms with Crippen LogP contribution < -0.4 is 26.3 Å². The monoisotopic (exact) mass is 832 g/mol. The fourth-order valence-corrected chi connectivity index (χ4v) is 15.0. The van der Waals surface area contributed by atoms with Gasteiger partial charge in [0.05, 0.1) is 27.8 Å². The van der Waals surface area contributed by atoms with Crippen molar-refractivity contribution in [2.45, 2.75) is 43.9 Å². The normalized spacial score (nSPS) is 21.6. The molecule has 5 heteroatoms. The van der Waals surface area contributed by atoms with Gasteiger partial charge in [-0.2, -0.15) is 0 Å². The molecule has 0 unspecified atom stereocenters. The van der Waals surface area contributed by atoms with E-state index < -0.39 is 0 Å². The Kier molecular flexibility index (Phi) is 6.77. The molecule has 2 aliphatic heterocycles. The Labute approximate surface area is 378 Å². The topological polar surface area (TPSA) is 15.8 Å². The van der Waals surface area contributed by atoms with Crippen LogP contribution in [0.15, 0.2) is 182 Å². The summed E-state index contributed by atoms with van der Waals surface area (Å²) >= 11 is 0. The van der Waals surface area contributed by atoms with Crippen LogP contribution in [0.1, 0.15) is 44.1 Å². The maximum absolute atomic E-state index is 2.71. The summed E-state index contributed by atoms with van der Waals surface area (Å²) in [4.78, 5) is 5.35. The first-order valence-corrected chi connectivity index (χ1v) is 24.0. The molecule has 0 amide bonds. The molecule has 5 heterocycles. The van der Waals surface area contributed by atoms with Crippen LogP contribution in [-0.4, -0.2) is 15.7 Å². The number of hydrogen-bond donors (Lipinski definition) is 0. The molecule has 308 valence electrons. The van der Waals surface area contributed by atoms with Crippen molar-refractivity contribution in [1.29, 1.82) is 0 Å². The molecule has 0 N–H and O–H groups in total. The van der Waals surface area contributed by atoms with E-state index in [4.69, 9.17) is 0 Å². The Morgan fingerprint density at radius 3 is 1.65 bits per heavy atom. The summed E-state index contributed by atoms with van der Waals surface area (Å²) in [5, 5.41) is 6.53. The number of fused-ring (bicyclic) bond motifs is 12. The number of nitrogens with zero attached hydrogens (tertiary/aromatic N) is 4. The minimum Gasteiger partial charge on any atom is -0.319 e. The van der Waals surface area contributed by atoms with Crippen molar-refractivity contribution < 1.29 is 0 Å². The standard InChI is InChI=1S/C60H45BN4/c1-4-15-41(16-5-1)62-53-32-48-46-24-14-23-45-44-21-10-12-25-50(44)65(57(45)46)52(48)33-49(53)61-56-54(62)30-40(60-34-37-27-38(35-60)29-39(28-37)36-60)31-55(56)63(42-17-6-2-7-18-42)58-47-22-11-13-26-51(47)64(59(58)61)43-19-8-3-9-20-43/h1-26,30-33,37-39H,27-29,34-36H2. The maximum Gasteiger partial charge on any atom is 0.273 e. The second-order valence-electron chi connectivity index (χ2n) is 20.3. The zero-order chi connectivity index (χ0) is 42.1. The molecule has 11 aromatic rings. The maximum atomic E-state index is 2.71. The van der Waals surface area contributed by atoms with Crippen molar-refractivity contribution in [3.8, 4) is 5.69 Å². The van der Waals surface area contributed by atoms with Crippen LogP contribution in [0.2, 0.25) is 0 Å². The highest BCUT2D eigenvalue weighted by molar-refractivity contribution is 7.00. The Morgan fingerprint density at radius 2 is 0.969 bits per heavy atom. The molecule has 3 aromatic heterocycles. The van der Waals surface area contributed by atoms with E-state index in [1.165, 1.54) is 144 Å². The lowest BCUT2D eigenvalue weighted by atomic mass is 9.34. The average Bonchev–Trinajstić information content (AvgIpc) is 3.99. The lowest BCUT2D eigenvalue weighted by Crippen LogP contribution is -2.63. The van der Waals surface area contributed by atoms with Crippen LogP contribution in [0.5, 0.6) is 0 Å². The predicted molar refractivity (Wildman–Crippen MR) is 272 cm³/mol. The Bertz CT molecular complexity index is 3740. The summed E-state index contributed by atoms with van der Waals surface area (Å²) in [6.45, 7) is -0.0609. The van der Waals surface area contributed by atoms with Gasteiger partial charge in [0, 0.05) is 66.6 Å². The number of benzene rings is 8. The van der Waals surface area contributed by atoms with Crippen molar-refractivity contribution in [2.75, 3.05) is 9.80 Å². The Morgan fingerprint density at radius 1 is 0.431 bits per heavy atom. The van der Waals surface area contributed by atoms with E-state index in [0.29, 0.717) is 0 Å². The molecule has 6 aliphatic rings. The first-order chi connectivity index (χ1) is 32.2. The molecule has 0 saturated heterocycles. The highest BCUT2D eigenvalue weighted by Crippen LogP contribution is 2.62. The molecule has 4 saturated carbocycles. The highest BCUT2D eigenvalue weighted by atomic mass is 15.2. The van der Waals surface area contributed by atoms with Gasteiger partial charge in [0.2, 0.25) is 0 Å². The van der Waals surface area contributed by atoms with Crippen LogP contribution in [0.4, 0.5) is 34.1 Å². The second-order valence-corrected chi connectivity index (χ2v) is 20.3. The SMILES string of the molecule is c1ccc(N2c3cc4c5cccc6c7ccccc7n(c4cc3B3c4c2cc(C27CC8CC(CC(C8)C2)C7)cc4N(c2ccccc2)c2c3n(-c3ccccc3)c3ccccc23)c65)cc1. The smallest absolute Gasteiger partial charge is 0.273 e. The van der Waals surface area contributed by atoms with Crippen molar-refractivity contribution in [2.24, 2.45) is 17.8 Å². The first kappa shape index (κ1) is 35.2. The molecule has 4 fully saturated rings. The van der Waals surface area contributed by atoms with Crippen LogP contribution in [-0.2, 0) is 5.41 Å². The summed E-state index contributed by atoms with van der Waals surface area (Å²) in [6, 6.07) is 69.4. The first-order valence-electron chi connectivity index (χ1n) is 24.0. The number of aromatic nitrogens is 2. The minimum absolute atomic E-state index is 0.0609. The van der Waals surface area contributed by atoms with Crippen molar-refractivity contribution >= 4 is 106 Å². The quantitative estimate of drug-likeness (QED) is 0.164. The third kappa shape index (κ3) is 4.53. The minimum atomic E-state index is -0.0609. The summed E-state index contributed by atoms with van der Waals surface area (Å²) in [5.41, 5.74) is 19.7. The molecule has 4 bridgehead atoms. The number of hydrogen-bond acceptors (Lipinski definition) is 2. The number of rotatable bonds is 4. The fourth-order valence-electron chi connectivity index (χ4n) is 15.0. The Hall–Kier alpha value is -7.24.